The summed E-state index contributed by atoms with van der Waals surface area (Å²) in [5, 5.41) is 19.0. The lowest BCUT2D eigenvalue weighted by Gasteiger charge is -2.13. The molecule has 0 heterocycles. The van der Waals surface area contributed by atoms with E-state index < -0.39 is 0 Å². The summed E-state index contributed by atoms with van der Waals surface area (Å²) in [4.78, 5) is 0. The zero-order valence-electron chi connectivity index (χ0n) is 13.6. The highest BCUT2D eigenvalue weighted by molar-refractivity contribution is 5.60. The molecular weight excluding hydrogens is 332 g/mol. The fourth-order valence-corrected chi connectivity index (χ4v) is 2.27. The Hall–Kier alpha value is -3.98. The van der Waals surface area contributed by atoms with Crippen LogP contribution >= 0.6 is 0 Å². The van der Waals surface area contributed by atoms with E-state index in [1.807, 2.05) is 0 Å². The van der Waals surface area contributed by atoms with Gasteiger partial charge in [0.1, 0.15) is 40.1 Å². The highest BCUT2D eigenvalue weighted by Gasteiger charge is 2.12. The van der Waals surface area contributed by atoms with Gasteiger partial charge in [0.2, 0.25) is 0 Å². The van der Waals surface area contributed by atoms with Gasteiger partial charge in [0.05, 0.1) is 11.4 Å². The SMILES string of the molecule is C#Cc1c(Oc2ccc(O)c(N)c2)cccc1Oc1ccc(O)c(N)c1. The number of phenols is 2. The van der Waals surface area contributed by atoms with Crippen LogP contribution < -0.4 is 20.9 Å². The average Bonchev–Trinajstić information content (AvgIpc) is 2.62. The van der Waals surface area contributed by atoms with Gasteiger partial charge in [-0.1, -0.05) is 12.0 Å². The summed E-state index contributed by atoms with van der Waals surface area (Å²) in [6.45, 7) is 0. The van der Waals surface area contributed by atoms with Crippen LogP contribution in [0.1, 0.15) is 5.56 Å². The Labute approximate surface area is 150 Å². The van der Waals surface area contributed by atoms with E-state index in [-0.39, 0.29) is 22.9 Å². The summed E-state index contributed by atoms with van der Waals surface area (Å²) in [5.74, 6) is 4.10. The van der Waals surface area contributed by atoms with Crippen LogP contribution in [0.4, 0.5) is 11.4 Å². The standard InChI is InChI=1S/C20H16N2O4/c1-2-14-19(25-12-6-8-17(23)15(21)10-12)4-3-5-20(14)26-13-7-9-18(24)16(22)11-13/h1,3-11,23-24H,21-22H2. The molecule has 6 heteroatoms. The highest BCUT2D eigenvalue weighted by atomic mass is 16.5. The molecule has 6 nitrogen and oxygen atoms in total. The molecule has 0 saturated heterocycles. The number of phenolic OH excluding ortho intramolecular Hbond substituents is 2. The Bertz CT molecular complexity index is 937. The van der Waals surface area contributed by atoms with Crippen LogP contribution in [-0.4, -0.2) is 10.2 Å². The molecule has 0 aromatic heterocycles. The lowest BCUT2D eigenvalue weighted by Crippen LogP contribution is -1.94. The smallest absolute Gasteiger partial charge is 0.146 e. The van der Waals surface area contributed by atoms with Gasteiger partial charge in [0.15, 0.2) is 0 Å². The Kier molecular flexibility index (Phi) is 4.46. The number of nitrogen functional groups attached to an aromatic ring is 2. The molecule has 3 rings (SSSR count). The Balaban J connectivity index is 1.93. The summed E-state index contributed by atoms with van der Waals surface area (Å²) in [6, 6.07) is 14.1. The third-order valence-corrected chi connectivity index (χ3v) is 3.59. The minimum Gasteiger partial charge on any atom is -0.506 e. The van der Waals surface area contributed by atoms with Crippen molar-refractivity contribution >= 4 is 11.4 Å². The number of aromatic hydroxyl groups is 2. The number of nitrogens with two attached hydrogens (primary N) is 2. The molecule has 0 bridgehead atoms. The molecule has 0 atom stereocenters. The molecule has 0 spiro atoms. The van der Waals surface area contributed by atoms with Crippen LogP contribution in [-0.2, 0) is 0 Å². The largest absolute Gasteiger partial charge is 0.506 e. The van der Waals surface area contributed by atoms with Gasteiger partial charge >= 0.3 is 0 Å². The van der Waals surface area contributed by atoms with Gasteiger partial charge in [0.25, 0.3) is 0 Å². The quantitative estimate of drug-likeness (QED) is 0.324. The van der Waals surface area contributed by atoms with Crippen molar-refractivity contribution in [3.8, 4) is 46.8 Å². The molecule has 0 amide bonds. The number of rotatable bonds is 4. The Morgan fingerprint density at radius 3 is 1.62 bits per heavy atom. The molecule has 3 aromatic rings. The molecule has 0 aliphatic heterocycles. The third kappa shape index (κ3) is 3.42. The first-order valence-corrected chi connectivity index (χ1v) is 7.60. The Morgan fingerprint density at radius 1 is 0.769 bits per heavy atom. The van der Waals surface area contributed by atoms with Crippen LogP contribution in [0.3, 0.4) is 0 Å². The first kappa shape index (κ1) is 16.9. The van der Waals surface area contributed by atoms with Crippen LogP contribution in [0.5, 0.6) is 34.5 Å². The minimum absolute atomic E-state index is 0.0310. The van der Waals surface area contributed by atoms with E-state index in [9.17, 15) is 10.2 Å². The lowest BCUT2D eigenvalue weighted by atomic mass is 10.2. The van der Waals surface area contributed by atoms with Crippen LogP contribution in [0.2, 0.25) is 0 Å². The van der Waals surface area contributed by atoms with Gasteiger partial charge in [-0.25, -0.2) is 0 Å². The second kappa shape index (κ2) is 6.87. The molecule has 0 unspecified atom stereocenters. The van der Waals surface area contributed by atoms with E-state index in [2.05, 4.69) is 5.92 Å². The van der Waals surface area contributed by atoms with E-state index in [0.717, 1.165) is 0 Å². The van der Waals surface area contributed by atoms with Crippen LogP contribution in [0, 0.1) is 12.3 Å². The summed E-state index contributed by atoms with van der Waals surface area (Å²) >= 11 is 0. The van der Waals surface area contributed by atoms with Crippen molar-refractivity contribution in [1.29, 1.82) is 0 Å². The number of anilines is 2. The van der Waals surface area contributed by atoms with Gasteiger partial charge < -0.3 is 31.2 Å². The number of hydrogen-bond acceptors (Lipinski definition) is 6. The van der Waals surface area contributed by atoms with Gasteiger partial charge in [-0.3, -0.25) is 0 Å². The molecule has 0 fully saturated rings. The van der Waals surface area contributed by atoms with Crippen molar-refractivity contribution < 1.29 is 19.7 Å². The predicted molar refractivity (Wildman–Crippen MR) is 99.6 cm³/mol. The van der Waals surface area contributed by atoms with E-state index in [4.69, 9.17) is 27.4 Å². The molecule has 0 radical (unpaired) electrons. The first-order chi connectivity index (χ1) is 12.5. The normalized spacial score (nSPS) is 10.1. The molecule has 0 aliphatic rings. The zero-order chi connectivity index (χ0) is 18.7. The molecular formula is C20H16N2O4. The van der Waals surface area contributed by atoms with Gasteiger partial charge in [-0.2, -0.15) is 0 Å². The van der Waals surface area contributed by atoms with Crippen molar-refractivity contribution in [2.45, 2.75) is 0 Å². The fraction of sp³-hybridized carbons (Fsp3) is 0. The number of ether oxygens (including phenoxy) is 2. The van der Waals surface area contributed by atoms with E-state index in [1.165, 1.54) is 24.3 Å². The van der Waals surface area contributed by atoms with Crippen molar-refractivity contribution in [1.82, 2.24) is 0 Å². The van der Waals surface area contributed by atoms with E-state index >= 15 is 0 Å². The van der Waals surface area contributed by atoms with Gasteiger partial charge in [0, 0.05) is 12.1 Å². The maximum atomic E-state index is 9.50. The molecule has 130 valence electrons. The summed E-state index contributed by atoms with van der Waals surface area (Å²) in [5.41, 5.74) is 12.1. The number of hydrogen-bond donors (Lipinski definition) is 4. The molecule has 6 N–H and O–H groups in total. The topological polar surface area (TPSA) is 111 Å². The van der Waals surface area contributed by atoms with Crippen molar-refractivity contribution in [2.24, 2.45) is 0 Å². The first-order valence-electron chi connectivity index (χ1n) is 7.60. The minimum atomic E-state index is -0.0310. The predicted octanol–water partition coefficient (Wildman–Crippen LogP) is 3.83. The maximum Gasteiger partial charge on any atom is 0.146 e. The summed E-state index contributed by atoms with van der Waals surface area (Å²) in [6.07, 6.45) is 5.63. The summed E-state index contributed by atoms with van der Waals surface area (Å²) < 4.78 is 11.6. The second-order valence-electron chi connectivity index (χ2n) is 5.42. The highest BCUT2D eigenvalue weighted by Crippen LogP contribution is 2.36. The summed E-state index contributed by atoms with van der Waals surface area (Å²) in [7, 11) is 0. The molecule has 3 aromatic carbocycles. The second-order valence-corrected chi connectivity index (χ2v) is 5.42. The van der Waals surface area contributed by atoms with E-state index in [1.54, 1.807) is 30.3 Å². The number of terminal acetylenes is 1. The van der Waals surface area contributed by atoms with Gasteiger partial charge in [-0.15, -0.1) is 6.42 Å². The molecule has 0 aliphatic carbocycles. The van der Waals surface area contributed by atoms with Gasteiger partial charge in [-0.05, 0) is 36.4 Å². The molecule has 0 saturated carbocycles. The molecule has 26 heavy (non-hydrogen) atoms. The maximum absolute atomic E-state index is 9.50. The average molecular weight is 348 g/mol. The van der Waals surface area contributed by atoms with Crippen molar-refractivity contribution in [2.75, 3.05) is 11.5 Å². The number of benzene rings is 3. The monoisotopic (exact) mass is 348 g/mol. The Morgan fingerprint density at radius 2 is 1.23 bits per heavy atom. The van der Waals surface area contributed by atoms with Crippen LogP contribution in [0.15, 0.2) is 54.6 Å². The van der Waals surface area contributed by atoms with E-state index in [0.29, 0.717) is 28.6 Å². The van der Waals surface area contributed by atoms with Crippen molar-refractivity contribution in [3.63, 3.8) is 0 Å². The fourth-order valence-electron chi connectivity index (χ4n) is 2.27. The van der Waals surface area contributed by atoms with Crippen LogP contribution in [0.25, 0.3) is 0 Å². The van der Waals surface area contributed by atoms with Crippen molar-refractivity contribution in [3.05, 3.63) is 60.2 Å². The lowest BCUT2D eigenvalue weighted by molar-refractivity contribution is 0.451. The third-order valence-electron chi connectivity index (χ3n) is 3.59. The zero-order valence-corrected chi connectivity index (χ0v) is 13.6.